The zero-order valence-electron chi connectivity index (χ0n) is 26.7. The molecule has 250 valence electrons. The summed E-state index contributed by atoms with van der Waals surface area (Å²) in [5.41, 5.74) is 1.43. The van der Waals surface area contributed by atoms with Crippen LogP contribution in [0.1, 0.15) is 48.5 Å². The normalized spacial score (nSPS) is 14.2. The molecule has 4 aromatic rings. The van der Waals surface area contributed by atoms with Gasteiger partial charge in [-0.25, -0.2) is 19.4 Å². The van der Waals surface area contributed by atoms with E-state index in [2.05, 4.69) is 9.73 Å². The fourth-order valence-corrected chi connectivity index (χ4v) is 6.29. The van der Waals surface area contributed by atoms with E-state index in [9.17, 15) is 19.2 Å². The van der Waals surface area contributed by atoms with Crippen LogP contribution in [-0.4, -0.2) is 56.5 Å². The van der Waals surface area contributed by atoms with Crippen molar-refractivity contribution in [1.29, 1.82) is 0 Å². The number of halogens is 1. The number of allylic oxidation sites excluding steroid dienone is 1. The Morgan fingerprint density at radius 3 is 2.48 bits per heavy atom. The van der Waals surface area contributed by atoms with E-state index < -0.39 is 29.5 Å². The number of hydrogen-bond acceptors (Lipinski definition) is 12. The van der Waals surface area contributed by atoms with E-state index in [0.717, 1.165) is 11.3 Å². The van der Waals surface area contributed by atoms with Gasteiger partial charge in [0.05, 0.1) is 59.9 Å². The summed E-state index contributed by atoms with van der Waals surface area (Å²) < 4.78 is 34.0. The van der Waals surface area contributed by atoms with E-state index in [-0.39, 0.29) is 35.7 Å². The lowest BCUT2D eigenvalue weighted by atomic mass is 9.95. The third-order valence-corrected chi connectivity index (χ3v) is 8.54. The van der Waals surface area contributed by atoms with Gasteiger partial charge in [0.25, 0.3) is 5.56 Å². The van der Waals surface area contributed by atoms with Crippen LogP contribution < -0.4 is 24.4 Å². The third-order valence-electron chi connectivity index (χ3n) is 7.23. The minimum Gasteiger partial charge on any atom is -0.490 e. The van der Waals surface area contributed by atoms with Crippen LogP contribution in [0, 0.1) is 0 Å². The molecule has 3 heterocycles. The predicted octanol–water partition coefficient (Wildman–Crippen LogP) is 4.45. The number of carbonyl (C=O) groups is 3. The Hall–Kier alpha value is -5.14. The van der Waals surface area contributed by atoms with Crippen LogP contribution in [0.15, 0.2) is 74.0 Å². The van der Waals surface area contributed by atoms with Crippen molar-refractivity contribution in [2.45, 2.75) is 26.8 Å². The van der Waals surface area contributed by atoms with E-state index in [0.29, 0.717) is 49.5 Å². The zero-order chi connectivity index (χ0) is 34.5. The summed E-state index contributed by atoms with van der Waals surface area (Å²) in [5, 5.41) is 0.359. The Labute approximate surface area is 283 Å². The summed E-state index contributed by atoms with van der Waals surface area (Å²) >= 11 is 7.53. The third kappa shape index (κ3) is 6.92. The zero-order valence-corrected chi connectivity index (χ0v) is 28.2. The molecular formula is C34H31ClN2O10S. The largest absolute Gasteiger partial charge is 0.490 e. The maximum atomic E-state index is 14.1. The minimum atomic E-state index is -0.927. The van der Waals surface area contributed by atoms with Crippen molar-refractivity contribution < 1.29 is 42.5 Å². The molecule has 2 aromatic heterocycles. The summed E-state index contributed by atoms with van der Waals surface area (Å²) in [6, 6.07) is 12.0. The summed E-state index contributed by atoms with van der Waals surface area (Å²) in [6.45, 7) is 5.22. The molecule has 2 aromatic carbocycles. The standard InChI is InChI=1S/C34H31ClN2O10S/c1-6-44-26-15-19(9-12-25(26)46-17-28(38)42-4)30-29(33(41)45-7-2)18(3)36-34-37(30)31(39)27(48-34)16-21-10-13-24(47-21)22-14-20(32(40)43-5)8-11-23(22)35/h8-16,30H,6-7,17H2,1-5H3/b27-16-/t30-/m1/s1. The molecule has 1 atom stereocenters. The van der Waals surface area contributed by atoms with E-state index in [1.165, 1.54) is 18.8 Å². The number of benzene rings is 2. The molecular weight excluding hydrogens is 664 g/mol. The number of rotatable bonds is 11. The van der Waals surface area contributed by atoms with Gasteiger partial charge in [0, 0.05) is 11.6 Å². The first kappa shape index (κ1) is 34.2. The van der Waals surface area contributed by atoms with Crippen molar-refractivity contribution in [2.75, 3.05) is 34.0 Å². The van der Waals surface area contributed by atoms with Crippen molar-refractivity contribution >= 4 is 46.9 Å². The fraction of sp³-hybridized carbons (Fsp3) is 0.265. The maximum Gasteiger partial charge on any atom is 0.343 e. The fourth-order valence-electron chi connectivity index (χ4n) is 5.05. The topological polar surface area (TPSA) is 145 Å². The van der Waals surface area contributed by atoms with Crippen LogP contribution in [0.25, 0.3) is 17.4 Å². The van der Waals surface area contributed by atoms with E-state index >= 15 is 0 Å². The van der Waals surface area contributed by atoms with Crippen LogP contribution in [0.2, 0.25) is 5.02 Å². The number of thiazole rings is 1. The van der Waals surface area contributed by atoms with Gasteiger partial charge in [-0.15, -0.1) is 0 Å². The molecule has 0 fully saturated rings. The number of methoxy groups -OCH3 is 2. The molecule has 0 unspecified atom stereocenters. The molecule has 12 nitrogen and oxygen atoms in total. The second kappa shape index (κ2) is 14.7. The van der Waals surface area contributed by atoms with Crippen LogP contribution in [0.4, 0.5) is 0 Å². The lowest BCUT2D eigenvalue weighted by Gasteiger charge is -2.25. The van der Waals surface area contributed by atoms with Crippen LogP contribution >= 0.6 is 22.9 Å². The Bertz CT molecular complexity index is 2110. The van der Waals surface area contributed by atoms with Crippen LogP contribution in [-0.2, 0) is 23.8 Å². The second-order valence-corrected chi connectivity index (χ2v) is 11.6. The van der Waals surface area contributed by atoms with E-state index in [4.69, 9.17) is 35.0 Å². The number of nitrogens with zero attached hydrogens (tertiary/aromatic N) is 2. The highest BCUT2D eigenvalue weighted by Gasteiger charge is 2.34. The van der Waals surface area contributed by atoms with Gasteiger partial charge < -0.3 is 28.1 Å². The summed E-state index contributed by atoms with van der Waals surface area (Å²) in [5.74, 6) is -0.411. The first-order valence-corrected chi connectivity index (χ1v) is 15.9. The van der Waals surface area contributed by atoms with Crippen LogP contribution in [0.3, 0.4) is 0 Å². The molecule has 48 heavy (non-hydrogen) atoms. The Morgan fingerprint density at radius 2 is 1.77 bits per heavy atom. The molecule has 14 heteroatoms. The molecule has 0 N–H and O–H groups in total. The van der Waals surface area contributed by atoms with Crippen LogP contribution in [0.5, 0.6) is 11.5 Å². The number of carbonyl (C=O) groups excluding carboxylic acids is 3. The molecule has 0 spiro atoms. The maximum absolute atomic E-state index is 14.1. The van der Waals surface area contributed by atoms with Crippen molar-refractivity contribution in [1.82, 2.24) is 4.57 Å². The number of furan rings is 1. The number of hydrogen-bond donors (Lipinski definition) is 0. The lowest BCUT2D eigenvalue weighted by Crippen LogP contribution is -2.40. The number of esters is 3. The molecule has 0 amide bonds. The first-order chi connectivity index (χ1) is 23.1. The Morgan fingerprint density at radius 1 is 0.979 bits per heavy atom. The van der Waals surface area contributed by atoms with Gasteiger partial charge in [0.15, 0.2) is 22.9 Å². The first-order valence-electron chi connectivity index (χ1n) is 14.7. The predicted molar refractivity (Wildman–Crippen MR) is 176 cm³/mol. The van der Waals surface area contributed by atoms with Gasteiger partial charge in [-0.3, -0.25) is 9.36 Å². The Balaban J connectivity index is 1.61. The average Bonchev–Trinajstić information content (AvgIpc) is 3.66. The van der Waals surface area contributed by atoms with Gasteiger partial charge >= 0.3 is 17.9 Å². The van der Waals surface area contributed by atoms with Crippen molar-refractivity contribution in [3.8, 4) is 22.8 Å². The summed E-state index contributed by atoms with van der Waals surface area (Å²) in [7, 11) is 2.54. The number of aromatic nitrogens is 1. The highest BCUT2D eigenvalue weighted by Crippen LogP contribution is 2.37. The molecule has 0 aliphatic carbocycles. The smallest absolute Gasteiger partial charge is 0.343 e. The van der Waals surface area contributed by atoms with Gasteiger partial charge in [0.2, 0.25) is 0 Å². The van der Waals surface area contributed by atoms with Crippen molar-refractivity contribution in [3.05, 3.63) is 101 Å². The summed E-state index contributed by atoms with van der Waals surface area (Å²) in [4.78, 5) is 56.1. The van der Waals surface area contributed by atoms with E-state index in [1.54, 1.807) is 75.4 Å². The highest BCUT2D eigenvalue weighted by atomic mass is 35.5. The minimum absolute atomic E-state index is 0.116. The number of ether oxygens (including phenoxy) is 5. The lowest BCUT2D eigenvalue weighted by molar-refractivity contribution is -0.143. The molecule has 0 radical (unpaired) electrons. The van der Waals surface area contributed by atoms with Crippen molar-refractivity contribution in [2.24, 2.45) is 4.99 Å². The molecule has 0 saturated heterocycles. The highest BCUT2D eigenvalue weighted by molar-refractivity contribution is 7.07. The van der Waals surface area contributed by atoms with Gasteiger partial charge in [0.1, 0.15) is 11.5 Å². The van der Waals surface area contributed by atoms with Gasteiger partial charge in [-0.2, -0.15) is 0 Å². The monoisotopic (exact) mass is 694 g/mol. The molecule has 0 bridgehead atoms. The molecule has 1 aliphatic rings. The summed E-state index contributed by atoms with van der Waals surface area (Å²) in [6.07, 6.45) is 1.57. The van der Waals surface area contributed by atoms with Gasteiger partial charge in [-0.05, 0) is 68.8 Å². The molecule has 5 rings (SSSR count). The average molecular weight is 695 g/mol. The van der Waals surface area contributed by atoms with Crippen molar-refractivity contribution in [3.63, 3.8) is 0 Å². The SMILES string of the molecule is CCOC(=O)C1=C(C)N=c2s/c(=C\c3ccc(-c4cc(C(=O)OC)ccc4Cl)o3)c(=O)n2[C@@H]1c1ccc(OCC(=O)OC)c(OCC)c1. The second-order valence-electron chi connectivity index (χ2n) is 10.2. The van der Waals surface area contributed by atoms with E-state index in [1.807, 2.05) is 0 Å². The Kier molecular flexibility index (Phi) is 10.5. The molecule has 1 aliphatic heterocycles. The van der Waals surface area contributed by atoms with Gasteiger partial charge in [-0.1, -0.05) is 29.0 Å². The number of fused-ring (bicyclic) bond motifs is 1. The molecule has 0 saturated carbocycles. The quantitative estimate of drug-likeness (QED) is 0.163.